The monoisotopic (exact) mass is 519 g/mol. The Morgan fingerprint density at radius 3 is 2.64 bits per heavy atom. The molecule has 2 N–H and O–H groups in total. The number of carbonyl (C=O) groups excluding carboxylic acids is 1. The minimum atomic E-state index is -0.511. The highest BCUT2D eigenvalue weighted by Gasteiger charge is 2.19. The average Bonchev–Trinajstić information content (AvgIpc) is 3.24. The highest BCUT2D eigenvalue weighted by Crippen LogP contribution is 2.27. The Morgan fingerprint density at radius 2 is 1.92 bits per heavy atom. The molecule has 0 atom stereocenters. The van der Waals surface area contributed by atoms with E-state index in [0.717, 1.165) is 28.2 Å². The zero-order valence-corrected chi connectivity index (χ0v) is 20.4. The SMILES string of the molecule is Cc1ccc(NC(=O)CSc2nc3c([nH]c4ccccc43)c(=O)n2-c2ccc([N+](=O)[O-])cc2)cc1Cl. The number of aromatic nitrogens is 3. The van der Waals surface area contributed by atoms with Crippen molar-refractivity contribution >= 4 is 62.6 Å². The number of halogens is 1. The second kappa shape index (κ2) is 9.48. The molecule has 2 aromatic heterocycles. The van der Waals surface area contributed by atoms with Crippen LogP contribution in [0.25, 0.3) is 27.6 Å². The second-order valence-corrected chi connectivity index (χ2v) is 9.35. The molecule has 0 fully saturated rings. The van der Waals surface area contributed by atoms with Crippen LogP contribution >= 0.6 is 23.4 Å². The van der Waals surface area contributed by atoms with Gasteiger partial charge in [-0.25, -0.2) is 4.98 Å². The first-order valence-corrected chi connectivity index (χ1v) is 12.2. The number of nitrogens with one attached hydrogen (secondary N) is 2. The smallest absolute Gasteiger partial charge is 0.283 e. The van der Waals surface area contributed by atoms with Crippen molar-refractivity contribution in [2.45, 2.75) is 12.1 Å². The Balaban J connectivity index is 1.54. The molecule has 0 unspecified atom stereocenters. The van der Waals surface area contributed by atoms with Gasteiger partial charge in [0.2, 0.25) is 5.91 Å². The Kier molecular flexibility index (Phi) is 6.21. The number of carbonyl (C=O) groups is 1. The van der Waals surface area contributed by atoms with Crippen LogP contribution in [0.5, 0.6) is 0 Å². The predicted octanol–water partition coefficient (Wildman–Crippen LogP) is 5.47. The summed E-state index contributed by atoms with van der Waals surface area (Å²) in [5, 5.41) is 15.5. The molecular weight excluding hydrogens is 502 g/mol. The van der Waals surface area contributed by atoms with E-state index in [1.807, 2.05) is 37.3 Å². The first-order chi connectivity index (χ1) is 17.3. The maximum absolute atomic E-state index is 13.6. The van der Waals surface area contributed by atoms with Crippen molar-refractivity contribution in [2.75, 3.05) is 11.1 Å². The summed E-state index contributed by atoms with van der Waals surface area (Å²) in [5.74, 6) is -0.331. The number of non-ortho nitro benzene ring substituents is 1. The third kappa shape index (κ3) is 4.43. The number of benzene rings is 3. The van der Waals surface area contributed by atoms with Crippen molar-refractivity contribution in [2.24, 2.45) is 0 Å². The van der Waals surface area contributed by atoms with Gasteiger partial charge in [0.15, 0.2) is 5.16 Å². The van der Waals surface area contributed by atoms with Crippen LogP contribution in [0.15, 0.2) is 76.7 Å². The largest absolute Gasteiger partial charge is 0.349 e. The van der Waals surface area contributed by atoms with E-state index in [4.69, 9.17) is 16.6 Å². The molecule has 0 saturated carbocycles. The van der Waals surface area contributed by atoms with Crippen molar-refractivity contribution in [3.63, 3.8) is 0 Å². The van der Waals surface area contributed by atoms with E-state index in [-0.39, 0.29) is 28.1 Å². The first kappa shape index (κ1) is 23.6. The molecule has 5 aromatic rings. The third-order valence-electron chi connectivity index (χ3n) is 5.60. The Hall–Kier alpha value is -4.15. The average molecular weight is 520 g/mol. The number of thioether (sulfide) groups is 1. The molecule has 2 heterocycles. The summed E-state index contributed by atoms with van der Waals surface area (Å²) in [6, 6.07) is 18.2. The fourth-order valence-electron chi connectivity index (χ4n) is 3.79. The zero-order chi connectivity index (χ0) is 25.4. The number of hydrogen-bond donors (Lipinski definition) is 2. The van der Waals surface area contributed by atoms with Crippen LogP contribution < -0.4 is 10.9 Å². The number of hydrogen-bond acceptors (Lipinski definition) is 6. The maximum Gasteiger partial charge on any atom is 0.283 e. The lowest BCUT2D eigenvalue weighted by Crippen LogP contribution is -2.23. The van der Waals surface area contributed by atoms with Crippen LogP contribution in [0, 0.1) is 17.0 Å². The van der Waals surface area contributed by atoms with Crippen molar-refractivity contribution < 1.29 is 9.72 Å². The Labute approximate surface area is 213 Å². The third-order valence-corrected chi connectivity index (χ3v) is 6.95. The van der Waals surface area contributed by atoms with Gasteiger partial charge in [-0.3, -0.25) is 24.3 Å². The highest BCUT2D eigenvalue weighted by atomic mass is 35.5. The number of nitro groups is 1. The topological polar surface area (TPSA) is 123 Å². The number of rotatable bonds is 6. The quantitative estimate of drug-likeness (QED) is 0.133. The number of aryl methyl sites for hydroxylation is 1. The van der Waals surface area contributed by atoms with Gasteiger partial charge in [0, 0.05) is 33.7 Å². The summed E-state index contributed by atoms with van der Waals surface area (Å²) in [5.41, 5.74) is 2.92. The van der Waals surface area contributed by atoms with Crippen molar-refractivity contribution in [1.82, 2.24) is 14.5 Å². The van der Waals surface area contributed by atoms with Crippen LogP contribution in [0.2, 0.25) is 5.02 Å². The molecule has 0 bridgehead atoms. The molecule has 9 nitrogen and oxygen atoms in total. The number of fused-ring (bicyclic) bond motifs is 3. The number of nitro benzene ring substituents is 1. The van der Waals surface area contributed by atoms with Crippen LogP contribution in [0.1, 0.15) is 5.56 Å². The van der Waals surface area contributed by atoms with Crippen LogP contribution in [0.3, 0.4) is 0 Å². The number of amides is 1. The van der Waals surface area contributed by atoms with E-state index >= 15 is 0 Å². The molecule has 11 heteroatoms. The summed E-state index contributed by atoms with van der Waals surface area (Å²) in [6.45, 7) is 1.87. The molecule has 0 spiro atoms. The minimum absolute atomic E-state index is 0.0290. The molecule has 0 aliphatic rings. The standard InChI is InChI=1S/C25H18ClN5O4S/c1-14-6-7-15(12-19(14)26)27-21(32)13-36-25-29-22-18-4-2-3-5-20(18)28-23(22)24(33)30(25)16-8-10-17(11-9-16)31(34)35/h2-12,28H,13H2,1H3,(H,27,32). The number of para-hydroxylation sites is 1. The van der Waals surface area contributed by atoms with E-state index in [1.165, 1.54) is 28.8 Å². The minimum Gasteiger partial charge on any atom is -0.349 e. The molecule has 0 aliphatic carbocycles. The van der Waals surface area contributed by atoms with E-state index in [2.05, 4.69) is 10.3 Å². The van der Waals surface area contributed by atoms with E-state index in [9.17, 15) is 19.7 Å². The van der Waals surface area contributed by atoms with E-state index < -0.39 is 4.92 Å². The lowest BCUT2D eigenvalue weighted by molar-refractivity contribution is -0.384. The Morgan fingerprint density at radius 1 is 1.17 bits per heavy atom. The van der Waals surface area contributed by atoms with Gasteiger partial charge >= 0.3 is 0 Å². The maximum atomic E-state index is 13.6. The van der Waals surface area contributed by atoms with Crippen LogP contribution in [-0.4, -0.2) is 31.1 Å². The van der Waals surface area contributed by atoms with Gasteiger partial charge in [-0.2, -0.15) is 0 Å². The molecule has 36 heavy (non-hydrogen) atoms. The van der Waals surface area contributed by atoms with Crippen molar-refractivity contribution in [3.05, 3.63) is 97.8 Å². The highest BCUT2D eigenvalue weighted by molar-refractivity contribution is 7.99. The Bertz CT molecular complexity index is 1710. The molecule has 3 aromatic carbocycles. The molecule has 180 valence electrons. The van der Waals surface area contributed by atoms with Gasteiger partial charge in [-0.05, 0) is 42.8 Å². The summed E-state index contributed by atoms with van der Waals surface area (Å²) in [4.78, 5) is 44.7. The number of aromatic amines is 1. The van der Waals surface area contributed by atoms with E-state index in [0.29, 0.717) is 27.4 Å². The van der Waals surface area contributed by atoms with Crippen molar-refractivity contribution in [1.29, 1.82) is 0 Å². The number of anilines is 1. The molecule has 0 radical (unpaired) electrons. The zero-order valence-electron chi connectivity index (χ0n) is 18.8. The molecule has 1 amide bonds. The fourth-order valence-corrected chi connectivity index (χ4v) is 4.77. The number of nitrogens with zero attached hydrogens (tertiary/aromatic N) is 3. The molecule has 5 rings (SSSR count). The summed E-state index contributed by atoms with van der Waals surface area (Å²) < 4.78 is 1.35. The molecular formula is C25H18ClN5O4S. The van der Waals surface area contributed by atoms with Gasteiger partial charge in [-0.1, -0.05) is 47.6 Å². The summed E-state index contributed by atoms with van der Waals surface area (Å²) in [6.07, 6.45) is 0. The van der Waals surface area contributed by atoms with Gasteiger partial charge in [0.05, 0.1) is 16.4 Å². The fraction of sp³-hybridized carbons (Fsp3) is 0.0800. The lowest BCUT2D eigenvalue weighted by Gasteiger charge is -2.12. The number of H-pyrrole nitrogens is 1. The van der Waals surface area contributed by atoms with Gasteiger partial charge in [0.1, 0.15) is 11.0 Å². The predicted molar refractivity (Wildman–Crippen MR) is 141 cm³/mol. The summed E-state index contributed by atoms with van der Waals surface area (Å²) >= 11 is 7.24. The van der Waals surface area contributed by atoms with Gasteiger partial charge in [0.25, 0.3) is 11.2 Å². The molecule has 0 aliphatic heterocycles. The van der Waals surface area contributed by atoms with Crippen LogP contribution in [0.4, 0.5) is 11.4 Å². The van der Waals surface area contributed by atoms with Crippen LogP contribution in [-0.2, 0) is 4.79 Å². The normalized spacial score (nSPS) is 11.2. The van der Waals surface area contributed by atoms with Gasteiger partial charge in [-0.15, -0.1) is 0 Å². The molecule has 0 saturated heterocycles. The van der Waals surface area contributed by atoms with E-state index in [1.54, 1.807) is 12.1 Å². The second-order valence-electron chi connectivity index (χ2n) is 8.00. The van der Waals surface area contributed by atoms with Gasteiger partial charge < -0.3 is 10.3 Å². The first-order valence-electron chi connectivity index (χ1n) is 10.8. The lowest BCUT2D eigenvalue weighted by atomic mass is 10.2. The van der Waals surface area contributed by atoms with Crippen molar-refractivity contribution in [3.8, 4) is 5.69 Å². The summed E-state index contributed by atoms with van der Waals surface area (Å²) in [7, 11) is 0.